The number of carboxylic acids is 1. The number of nitrogens with one attached hydrogen (secondary N) is 1. The zero-order chi connectivity index (χ0) is 12.3. The summed E-state index contributed by atoms with van der Waals surface area (Å²) in [6.45, 7) is 1.50. The molecule has 0 spiro atoms. The number of benzene rings is 1. The third-order valence-electron chi connectivity index (χ3n) is 3.38. The Balaban J connectivity index is 2.11. The number of hydrogen-bond acceptors (Lipinski definition) is 2. The van der Waals surface area contributed by atoms with E-state index in [0.29, 0.717) is 6.54 Å². The van der Waals surface area contributed by atoms with Crippen LogP contribution in [0.1, 0.15) is 12.0 Å². The molecule has 0 amide bonds. The minimum absolute atomic E-state index is 0.229. The summed E-state index contributed by atoms with van der Waals surface area (Å²) in [5.74, 6) is -0.724. The van der Waals surface area contributed by atoms with Gasteiger partial charge in [0.15, 0.2) is 0 Å². The second-order valence-corrected chi connectivity index (χ2v) is 5.35. The minimum Gasteiger partial charge on any atom is -0.481 e. The molecule has 0 aliphatic carbocycles. The number of carboxylic acid groups (broad SMARTS) is 1. The number of carbonyl (C=O) groups is 1. The van der Waals surface area contributed by atoms with E-state index in [1.165, 1.54) is 5.56 Å². The highest BCUT2D eigenvalue weighted by Crippen LogP contribution is 2.27. The Bertz CT molecular complexity index is 408. The third kappa shape index (κ3) is 3.07. The van der Waals surface area contributed by atoms with Gasteiger partial charge in [0, 0.05) is 11.0 Å². The van der Waals surface area contributed by atoms with Crippen molar-refractivity contribution in [3.8, 4) is 0 Å². The lowest BCUT2D eigenvalue weighted by Gasteiger charge is -2.29. The van der Waals surface area contributed by atoms with Gasteiger partial charge in [-0.3, -0.25) is 4.79 Å². The SMILES string of the molecule is O=C(O)C1CNCCC1Cc1ccccc1Br. The predicted octanol–water partition coefficient (Wildman–Crippen LogP) is 2.30. The Morgan fingerprint density at radius 3 is 2.94 bits per heavy atom. The van der Waals surface area contributed by atoms with E-state index in [1.54, 1.807) is 0 Å². The van der Waals surface area contributed by atoms with Gasteiger partial charge in [0.05, 0.1) is 5.92 Å². The summed E-state index contributed by atoms with van der Waals surface area (Å²) in [6, 6.07) is 8.04. The van der Waals surface area contributed by atoms with Gasteiger partial charge in [0.1, 0.15) is 0 Å². The summed E-state index contributed by atoms with van der Waals surface area (Å²) in [4.78, 5) is 11.2. The van der Waals surface area contributed by atoms with Crippen LogP contribution in [-0.2, 0) is 11.2 Å². The molecule has 0 bridgehead atoms. The minimum atomic E-state index is -0.686. The highest BCUT2D eigenvalue weighted by molar-refractivity contribution is 9.10. The molecule has 1 aliphatic heterocycles. The van der Waals surface area contributed by atoms with Gasteiger partial charge in [0.25, 0.3) is 0 Å². The van der Waals surface area contributed by atoms with E-state index in [9.17, 15) is 9.90 Å². The number of rotatable bonds is 3. The van der Waals surface area contributed by atoms with E-state index in [1.807, 2.05) is 18.2 Å². The Labute approximate surface area is 109 Å². The molecule has 1 aromatic rings. The molecule has 1 aromatic carbocycles. The molecular weight excluding hydrogens is 282 g/mol. The zero-order valence-corrected chi connectivity index (χ0v) is 11.1. The van der Waals surface area contributed by atoms with Crippen LogP contribution in [0.4, 0.5) is 0 Å². The van der Waals surface area contributed by atoms with Crippen LogP contribution in [0.2, 0.25) is 0 Å². The summed E-state index contributed by atoms with van der Waals surface area (Å²) in [7, 11) is 0. The summed E-state index contributed by atoms with van der Waals surface area (Å²) in [5.41, 5.74) is 1.20. The second kappa shape index (κ2) is 5.65. The molecule has 1 saturated heterocycles. The Kier molecular flexibility index (Phi) is 4.18. The van der Waals surface area contributed by atoms with Gasteiger partial charge in [-0.05, 0) is 36.9 Å². The standard InChI is InChI=1S/C13H16BrNO2/c14-12-4-2-1-3-10(12)7-9-5-6-15-8-11(9)13(16)17/h1-4,9,11,15H,5-8H2,(H,16,17). The normalized spacial score (nSPS) is 24.5. The van der Waals surface area contributed by atoms with Crippen molar-refractivity contribution in [3.05, 3.63) is 34.3 Å². The third-order valence-corrected chi connectivity index (χ3v) is 4.16. The maximum absolute atomic E-state index is 11.2. The average molecular weight is 298 g/mol. The molecule has 92 valence electrons. The van der Waals surface area contributed by atoms with Crippen LogP contribution < -0.4 is 5.32 Å². The molecule has 0 saturated carbocycles. The van der Waals surface area contributed by atoms with Crippen molar-refractivity contribution in [1.29, 1.82) is 0 Å². The van der Waals surface area contributed by atoms with E-state index >= 15 is 0 Å². The summed E-state index contributed by atoms with van der Waals surface area (Å²) >= 11 is 3.52. The predicted molar refractivity (Wildman–Crippen MR) is 69.9 cm³/mol. The van der Waals surface area contributed by atoms with Crippen molar-refractivity contribution in [2.45, 2.75) is 12.8 Å². The molecule has 0 aromatic heterocycles. The van der Waals surface area contributed by atoms with E-state index < -0.39 is 5.97 Å². The van der Waals surface area contributed by atoms with Crippen LogP contribution in [-0.4, -0.2) is 24.2 Å². The maximum atomic E-state index is 11.2. The topological polar surface area (TPSA) is 49.3 Å². The first-order valence-electron chi connectivity index (χ1n) is 5.85. The van der Waals surface area contributed by atoms with Crippen LogP contribution in [0.25, 0.3) is 0 Å². The van der Waals surface area contributed by atoms with Gasteiger partial charge in [-0.2, -0.15) is 0 Å². The van der Waals surface area contributed by atoms with Gasteiger partial charge >= 0.3 is 5.97 Å². The van der Waals surface area contributed by atoms with Gasteiger partial charge in [-0.15, -0.1) is 0 Å². The number of piperidine rings is 1. The van der Waals surface area contributed by atoms with Crippen molar-refractivity contribution in [2.24, 2.45) is 11.8 Å². The van der Waals surface area contributed by atoms with Crippen LogP contribution in [0.15, 0.2) is 28.7 Å². The van der Waals surface area contributed by atoms with Crippen molar-refractivity contribution in [1.82, 2.24) is 5.32 Å². The first-order chi connectivity index (χ1) is 8.18. The number of halogens is 1. The number of aliphatic carboxylic acids is 1. The van der Waals surface area contributed by atoms with Gasteiger partial charge < -0.3 is 10.4 Å². The lowest BCUT2D eigenvalue weighted by atomic mass is 9.82. The van der Waals surface area contributed by atoms with Crippen LogP contribution in [0.3, 0.4) is 0 Å². The fourth-order valence-corrected chi connectivity index (χ4v) is 2.84. The summed E-state index contributed by atoms with van der Waals surface area (Å²) < 4.78 is 1.07. The molecule has 1 heterocycles. The molecular formula is C13H16BrNO2. The summed E-state index contributed by atoms with van der Waals surface area (Å²) in [5, 5.41) is 12.4. The lowest BCUT2D eigenvalue weighted by molar-refractivity contribution is -0.144. The van der Waals surface area contributed by atoms with Crippen molar-refractivity contribution in [2.75, 3.05) is 13.1 Å². The Morgan fingerprint density at radius 1 is 1.47 bits per heavy atom. The fourth-order valence-electron chi connectivity index (χ4n) is 2.39. The van der Waals surface area contributed by atoms with Crippen LogP contribution in [0.5, 0.6) is 0 Å². The van der Waals surface area contributed by atoms with Gasteiger partial charge in [0.2, 0.25) is 0 Å². The Hall–Kier alpha value is -0.870. The average Bonchev–Trinajstić information content (AvgIpc) is 2.32. The largest absolute Gasteiger partial charge is 0.481 e. The molecule has 4 heteroatoms. The second-order valence-electron chi connectivity index (χ2n) is 4.49. The van der Waals surface area contributed by atoms with Crippen LogP contribution in [0, 0.1) is 11.8 Å². The first kappa shape index (κ1) is 12.6. The molecule has 2 unspecified atom stereocenters. The van der Waals surface area contributed by atoms with E-state index in [4.69, 9.17) is 0 Å². The van der Waals surface area contributed by atoms with E-state index in [0.717, 1.165) is 23.9 Å². The molecule has 1 aliphatic rings. The molecule has 2 atom stereocenters. The zero-order valence-electron chi connectivity index (χ0n) is 9.53. The monoisotopic (exact) mass is 297 g/mol. The highest BCUT2D eigenvalue weighted by Gasteiger charge is 2.30. The maximum Gasteiger partial charge on any atom is 0.308 e. The van der Waals surface area contributed by atoms with Gasteiger partial charge in [-0.25, -0.2) is 0 Å². The quantitative estimate of drug-likeness (QED) is 0.900. The van der Waals surface area contributed by atoms with E-state index in [-0.39, 0.29) is 11.8 Å². The van der Waals surface area contributed by atoms with Crippen molar-refractivity contribution >= 4 is 21.9 Å². The van der Waals surface area contributed by atoms with Crippen molar-refractivity contribution < 1.29 is 9.90 Å². The van der Waals surface area contributed by atoms with Crippen LogP contribution >= 0.6 is 15.9 Å². The fraction of sp³-hybridized carbons (Fsp3) is 0.462. The molecule has 0 radical (unpaired) electrons. The Morgan fingerprint density at radius 2 is 2.24 bits per heavy atom. The number of hydrogen-bond donors (Lipinski definition) is 2. The highest BCUT2D eigenvalue weighted by atomic mass is 79.9. The van der Waals surface area contributed by atoms with Gasteiger partial charge in [-0.1, -0.05) is 34.1 Å². The van der Waals surface area contributed by atoms with E-state index in [2.05, 4.69) is 27.3 Å². The molecule has 3 nitrogen and oxygen atoms in total. The smallest absolute Gasteiger partial charge is 0.308 e. The first-order valence-corrected chi connectivity index (χ1v) is 6.64. The summed E-state index contributed by atoms with van der Waals surface area (Å²) in [6.07, 6.45) is 1.76. The molecule has 2 N–H and O–H groups in total. The molecule has 17 heavy (non-hydrogen) atoms. The van der Waals surface area contributed by atoms with Crippen molar-refractivity contribution in [3.63, 3.8) is 0 Å². The lowest BCUT2D eigenvalue weighted by Crippen LogP contribution is -2.41. The molecule has 1 fully saturated rings. The molecule has 2 rings (SSSR count).